The number of ether oxygens (including phenoxy) is 1. The highest BCUT2D eigenvalue weighted by Gasteiger charge is 2.44. The molecule has 1 aliphatic rings. The Labute approximate surface area is 100 Å². The molecule has 16 heavy (non-hydrogen) atoms. The van der Waals surface area contributed by atoms with E-state index < -0.39 is 11.6 Å². The van der Waals surface area contributed by atoms with E-state index in [1.165, 1.54) is 18.3 Å². The minimum absolute atomic E-state index is 0.336. The summed E-state index contributed by atoms with van der Waals surface area (Å²) in [6.45, 7) is 1.53. The Balaban J connectivity index is 2.37. The molecule has 2 heterocycles. The molecule has 0 saturated heterocycles. The number of thiophene rings is 1. The van der Waals surface area contributed by atoms with Crippen LogP contribution in [-0.4, -0.2) is 16.9 Å². The van der Waals surface area contributed by atoms with Gasteiger partial charge in [0.05, 0.1) is 9.21 Å². The van der Waals surface area contributed by atoms with Crippen LogP contribution >= 0.6 is 22.9 Å². The SMILES string of the molecule is CC1(c2ccc(Cl)s2)OC(C(=O)O)=CC1=O. The van der Waals surface area contributed by atoms with E-state index in [2.05, 4.69) is 0 Å². The predicted molar refractivity (Wildman–Crippen MR) is 58.5 cm³/mol. The second-order valence-electron chi connectivity index (χ2n) is 3.42. The van der Waals surface area contributed by atoms with Crippen molar-refractivity contribution < 1.29 is 19.4 Å². The Morgan fingerprint density at radius 3 is 2.69 bits per heavy atom. The highest BCUT2D eigenvalue weighted by molar-refractivity contribution is 7.16. The van der Waals surface area contributed by atoms with Gasteiger partial charge in [0.15, 0.2) is 0 Å². The van der Waals surface area contributed by atoms with Crippen LogP contribution in [0.15, 0.2) is 24.0 Å². The molecule has 0 radical (unpaired) electrons. The summed E-state index contributed by atoms with van der Waals surface area (Å²) in [5.41, 5.74) is -1.26. The van der Waals surface area contributed by atoms with Crippen molar-refractivity contribution in [3.8, 4) is 0 Å². The molecule has 1 N–H and O–H groups in total. The van der Waals surface area contributed by atoms with E-state index in [9.17, 15) is 9.59 Å². The summed E-state index contributed by atoms with van der Waals surface area (Å²) < 4.78 is 5.71. The molecular weight excluding hydrogens is 252 g/mol. The summed E-state index contributed by atoms with van der Waals surface area (Å²) in [5.74, 6) is -1.97. The highest BCUT2D eigenvalue weighted by Crippen LogP contribution is 2.39. The van der Waals surface area contributed by atoms with E-state index >= 15 is 0 Å². The molecule has 2 rings (SSSR count). The van der Waals surface area contributed by atoms with Crippen molar-refractivity contribution in [2.45, 2.75) is 12.5 Å². The van der Waals surface area contributed by atoms with Crippen LogP contribution in [0.1, 0.15) is 11.8 Å². The zero-order chi connectivity index (χ0) is 11.9. The van der Waals surface area contributed by atoms with Gasteiger partial charge in [-0.15, -0.1) is 11.3 Å². The number of aliphatic carboxylic acids is 1. The molecule has 0 amide bonds. The quantitative estimate of drug-likeness (QED) is 0.883. The van der Waals surface area contributed by atoms with Crippen molar-refractivity contribution in [1.82, 2.24) is 0 Å². The van der Waals surface area contributed by atoms with Crippen LogP contribution < -0.4 is 0 Å². The highest BCUT2D eigenvalue weighted by atomic mass is 35.5. The number of carboxylic acid groups (broad SMARTS) is 1. The van der Waals surface area contributed by atoms with Gasteiger partial charge in [-0.25, -0.2) is 4.79 Å². The summed E-state index contributed by atoms with van der Waals surface area (Å²) >= 11 is 6.96. The average Bonchev–Trinajstić information content (AvgIpc) is 2.74. The van der Waals surface area contributed by atoms with Gasteiger partial charge in [0, 0.05) is 6.08 Å². The smallest absolute Gasteiger partial charge is 0.371 e. The molecule has 6 heteroatoms. The summed E-state index contributed by atoms with van der Waals surface area (Å²) in [6.07, 6.45) is 0.996. The maximum Gasteiger partial charge on any atom is 0.371 e. The lowest BCUT2D eigenvalue weighted by Crippen LogP contribution is -2.28. The van der Waals surface area contributed by atoms with E-state index in [0.29, 0.717) is 9.21 Å². The van der Waals surface area contributed by atoms with Crippen LogP contribution in [0, 0.1) is 0 Å². The maximum absolute atomic E-state index is 11.7. The molecule has 1 unspecified atom stereocenters. The van der Waals surface area contributed by atoms with Gasteiger partial charge in [-0.3, -0.25) is 4.79 Å². The average molecular weight is 259 g/mol. The molecule has 1 aromatic rings. The van der Waals surface area contributed by atoms with Crippen LogP contribution in [-0.2, 0) is 19.9 Å². The monoisotopic (exact) mass is 258 g/mol. The third-order valence-electron chi connectivity index (χ3n) is 2.30. The van der Waals surface area contributed by atoms with Gasteiger partial charge in [-0.05, 0) is 19.1 Å². The first-order valence-corrected chi connectivity index (χ1v) is 5.57. The zero-order valence-corrected chi connectivity index (χ0v) is 9.76. The molecule has 4 nitrogen and oxygen atoms in total. The molecule has 0 spiro atoms. The van der Waals surface area contributed by atoms with E-state index in [1.807, 2.05) is 0 Å². The molecule has 84 valence electrons. The van der Waals surface area contributed by atoms with Gasteiger partial charge in [0.25, 0.3) is 0 Å². The summed E-state index contributed by atoms with van der Waals surface area (Å²) in [5, 5.41) is 8.75. The molecule has 0 fully saturated rings. The van der Waals surface area contributed by atoms with Gasteiger partial charge < -0.3 is 9.84 Å². The Bertz CT molecular complexity index is 505. The predicted octanol–water partition coefficient (Wildman–Crippen LogP) is 2.18. The third-order valence-corrected chi connectivity index (χ3v) is 3.73. The fraction of sp³-hybridized carbons (Fsp3) is 0.200. The number of carbonyl (C=O) groups is 2. The Kier molecular flexibility index (Phi) is 2.52. The number of hydrogen-bond donors (Lipinski definition) is 1. The first-order valence-electron chi connectivity index (χ1n) is 4.38. The van der Waals surface area contributed by atoms with Crippen LogP contribution in [0.4, 0.5) is 0 Å². The minimum Gasteiger partial charge on any atom is -0.475 e. The lowest BCUT2D eigenvalue weighted by atomic mass is 10.0. The van der Waals surface area contributed by atoms with Crippen LogP contribution in [0.2, 0.25) is 4.34 Å². The summed E-state index contributed by atoms with van der Waals surface area (Å²) in [7, 11) is 0. The zero-order valence-electron chi connectivity index (χ0n) is 8.19. The summed E-state index contributed by atoms with van der Waals surface area (Å²) in [4.78, 5) is 23.0. The molecule has 0 aromatic carbocycles. The topological polar surface area (TPSA) is 63.6 Å². The standard InChI is InChI=1S/C10H7ClO4S/c1-10(7-2-3-8(11)16-7)6(12)4-5(15-10)9(13)14/h2-4H,1H3,(H,13,14). The molecule has 1 aromatic heterocycles. The number of carbonyl (C=O) groups excluding carboxylic acids is 1. The van der Waals surface area contributed by atoms with E-state index in [-0.39, 0.29) is 11.5 Å². The first kappa shape index (κ1) is 11.2. The van der Waals surface area contributed by atoms with Gasteiger partial charge >= 0.3 is 5.97 Å². The van der Waals surface area contributed by atoms with Crippen LogP contribution in [0.3, 0.4) is 0 Å². The number of halogens is 1. The van der Waals surface area contributed by atoms with Crippen LogP contribution in [0.5, 0.6) is 0 Å². The number of carboxylic acids is 1. The molecule has 0 bridgehead atoms. The van der Waals surface area contributed by atoms with E-state index in [1.54, 1.807) is 12.1 Å². The van der Waals surface area contributed by atoms with E-state index in [4.69, 9.17) is 21.4 Å². The molecule has 1 atom stereocenters. The Morgan fingerprint density at radius 1 is 1.56 bits per heavy atom. The number of ketones is 1. The fourth-order valence-corrected chi connectivity index (χ4v) is 2.54. The van der Waals surface area contributed by atoms with Crippen molar-refractivity contribution in [1.29, 1.82) is 0 Å². The lowest BCUT2D eigenvalue weighted by molar-refractivity contribution is -0.141. The van der Waals surface area contributed by atoms with Crippen molar-refractivity contribution in [3.63, 3.8) is 0 Å². The van der Waals surface area contributed by atoms with Crippen molar-refractivity contribution in [3.05, 3.63) is 33.2 Å². The molecule has 0 saturated carbocycles. The third kappa shape index (κ3) is 1.62. The second-order valence-corrected chi connectivity index (χ2v) is 5.13. The van der Waals surface area contributed by atoms with Crippen LogP contribution in [0.25, 0.3) is 0 Å². The van der Waals surface area contributed by atoms with E-state index in [0.717, 1.165) is 6.08 Å². The molecule has 0 aliphatic carbocycles. The van der Waals surface area contributed by atoms with Gasteiger partial charge in [0.1, 0.15) is 0 Å². The van der Waals surface area contributed by atoms with Crippen molar-refractivity contribution in [2.75, 3.05) is 0 Å². The largest absolute Gasteiger partial charge is 0.475 e. The molecule has 1 aliphatic heterocycles. The fourth-order valence-electron chi connectivity index (χ4n) is 1.40. The normalized spacial score (nSPS) is 24.1. The van der Waals surface area contributed by atoms with Crippen molar-refractivity contribution in [2.24, 2.45) is 0 Å². The minimum atomic E-state index is -1.26. The molecular formula is C10H7ClO4S. The van der Waals surface area contributed by atoms with Gasteiger partial charge in [-0.2, -0.15) is 0 Å². The van der Waals surface area contributed by atoms with Crippen molar-refractivity contribution >= 4 is 34.7 Å². The first-order chi connectivity index (χ1) is 7.43. The Morgan fingerprint density at radius 2 is 2.25 bits per heavy atom. The Hall–Kier alpha value is -1.33. The van der Waals surface area contributed by atoms with Gasteiger partial charge in [0.2, 0.25) is 17.1 Å². The summed E-state index contributed by atoms with van der Waals surface area (Å²) in [6, 6.07) is 3.30. The van der Waals surface area contributed by atoms with Gasteiger partial charge in [-0.1, -0.05) is 11.6 Å². The number of rotatable bonds is 2. The number of hydrogen-bond acceptors (Lipinski definition) is 4. The lowest BCUT2D eigenvalue weighted by Gasteiger charge is -2.21. The maximum atomic E-state index is 11.7. The second kappa shape index (κ2) is 3.61.